The number of carbonyl (C=O) groups excluding carboxylic acids is 1. The van der Waals surface area contributed by atoms with Gasteiger partial charge in [-0.1, -0.05) is 18.5 Å². The van der Waals surface area contributed by atoms with Crippen molar-refractivity contribution in [2.75, 3.05) is 7.11 Å². The lowest BCUT2D eigenvalue weighted by Crippen LogP contribution is -2.17. The van der Waals surface area contributed by atoms with Gasteiger partial charge in [0.2, 0.25) is 0 Å². The first-order chi connectivity index (χ1) is 7.52. The molecule has 1 rings (SSSR count). The minimum absolute atomic E-state index is 0.183. The Morgan fingerprint density at radius 1 is 1.62 bits per heavy atom. The fourth-order valence-corrected chi connectivity index (χ4v) is 3.57. The second-order valence-electron chi connectivity index (χ2n) is 3.32. The molecule has 90 valence electrons. The van der Waals surface area contributed by atoms with Gasteiger partial charge in [0.1, 0.15) is 0 Å². The average Bonchev–Trinajstić information content (AvgIpc) is 2.63. The molecule has 0 bridgehead atoms. The van der Waals surface area contributed by atoms with Gasteiger partial charge in [0.15, 0.2) is 0 Å². The van der Waals surface area contributed by atoms with Crippen LogP contribution in [0.3, 0.4) is 0 Å². The quantitative estimate of drug-likeness (QED) is 0.779. The van der Waals surface area contributed by atoms with Gasteiger partial charge in [-0.05, 0) is 12.1 Å². The number of halogens is 1. The monoisotopic (exact) mass is 280 g/mol. The summed E-state index contributed by atoms with van der Waals surface area (Å²) in [7, 11) is 0.257. The van der Waals surface area contributed by atoms with E-state index in [2.05, 4.69) is 4.74 Å². The molecule has 0 amide bonds. The van der Waals surface area contributed by atoms with E-state index in [4.69, 9.17) is 11.6 Å². The number of esters is 1. The summed E-state index contributed by atoms with van der Waals surface area (Å²) in [4.78, 5) is 12.0. The molecule has 0 aliphatic heterocycles. The molecule has 0 N–H and O–H groups in total. The maximum absolute atomic E-state index is 11.8. The van der Waals surface area contributed by atoms with Crippen LogP contribution >= 0.6 is 22.9 Å². The van der Waals surface area contributed by atoms with Gasteiger partial charge < -0.3 is 4.74 Å². The van der Waals surface area contributed by atoms with Crippen LogP contribution < -0.4 is 0 Å². The molecule has 0 aliphatic rings. The van der Waals surface area contributed by atoms with E-state index >= 15 is 0 Å². The first kappa shape index (κ1) is 13.7. The molecule has 0 radical (unpaired) electrons. The van der Waals surface area contributed by atoms with E-state index in [1.807, 2.05) is 6.07 Å². The van der Waals surface area contributed by atoms with Gasteiger partial charge in [0.05, 0.1) is 23.6 Å². The van der Waals surface area contributed by atoms with E-state index in [0.29, 0.717) is 10.1 Å². The van der Waals surface area contributed by atoms with Crippen molar-refractivity contribution < 1.29 is 13.7 Å². The molecule has 2 atom stereocenters. The molecule has 1 aromatic heterocycles. The zero-order valence-electron chi connectivity index (χ0n) is 9.07. The van der Waals surface area contributed by atoms with Crippen LogP contribution in [-0.2, 0) is 26.1 Å². The lowest BCUT2D eigenvalue weighted by Gasteiger charge is -2.08. The first-order valence-corrected chi connectivity index (χ1v) is 7.28. The SMILES string of the molecule is COC(=O)CC(C)S(=O)Cc1ccc(Cl)s1. The molecule has 16 heavy (non-hydrogen) atoms. The third kappa shape index (κ3) is 4.23. The second-order valence-corrected chi connectivity index (χ2v) is 6.98. The van der Waals surface area contributed by atoms with Gasteiger partial charge >= 0.3 is 5.97 Å². The van der Waals surface area contributed by atoms with Gasteiger partial charge in [-0.3, -0.25) is 9.00 Å². The standard InChI is InChI=1S/C10H13ClO3S2/c1-7(5-10(12)14-2)16(13)6-8-3-4-9(11)15-8/h3-4,7H,5-6H2,1-2H3. The number of rotatable bonds is 5. The lowest BCUT2D eigenvalue weighted by atomic mass is 10.3. The highest BCUT2D eigenvalue weighted by Crippen LogP contribution is 2.23. The number of methoxy groups -OCH3 is 1. The summed E-state index contributed by atoms with van der Waals surface area (Å²) in [6.45, 7) is 1.78. The van der Waals surface area contributed by atoms with Crippen molar-refractivity contribution in [3.8, 4) is 0 Å². The topological polar surface area (TPSA) is 43.4 Å². The molecule has 6 heteroatoms. The van der Waals surface area contributed by atoms with Gasteiger partial charge in [0.25, 0.3) is 0 Å². The fraction of sp³-hybridized carbons (Fsp3) is 0.500. The van der Waals surface area contributed by atoms with Crippen LogP contribution in [0, 0.1) is 0 Å². The normalized spacial score (nSPS) is 14.4. The van der Waals surface area contributed by atoms with E-state index in [0.717, 1.165) is 4.88 Å². The summed E-state index contributed by atoms with van der Waals surface area (Å²) < 4.78 is 17.1. The summed E-state index contributed by atoms with van der Waals surface area (Å²) >= 11 is 7.19. The van der Waals surface area contributed by atoms with Crippen molar-refractivity contribution in [1.82, 2.24) is 0 Å². The van der Waals surface area contributed by atoms with Crippen LogP contribution in [0.5, 0.6) is 0 Å². The van der Waals surface area contributed by atoms with E-state index in [1.54, 1.807) is 13.0 Å². The highest BCUT2D eigenvalue weighted by molar-refractivity contribution is 7.85. The Labute approximate surface area is 106 Å². The van der Waals surface area contributed by atoms with E-state index in [1.165, 1.54) is 18.4 Å². The molecular weight excluding hydrogens is 268 g/mol. The predicted molar refractivity (Wildman–Crippen MR) is 67.3 cm³/mol. The molecule has 1 aromatic rings. The molecule has 0 saturated carbocycles. The lowest BCUT2D eigenvalue weighted by molar-refractivity contribution is -0.140. The Hall–Kier alpha value is -0.390. The van der Waals surface area contributed by atoms with Crippen molar-refractivity contribution >= 4 is 39.7 Å². The van der Waals surface area contributed by atoms with Gasteiger partial charge in [0, 0.05) is 20.9 Å². The summed E-state index contributed by atoms with van der Waals surface area (Å²) in [5.41, 5.74) is 0. The highest BCUT2D eigenvalue weighted by atomic mass is 35.5. The average molecular weight is 281 g/mol. The summed E-state index contributed by atoms with van der Waals surface area (Å²) in [5, 5.41) is -0.201. The summed E-state index contributed by atoms with van der Waals surface area (Å²) in [6, 6.07) is 3.64. The Balaban J connectivity index is 2.49. The number of ether oxygens (including phenoxy) is 1. The molecule has 0 fully saturated rings. The predicted octanol–water partition coefficient (Wildman–Crippen LogP) is 2.60. The van der Waals surface area contributed by atoms with Crippen molar-refractivity contribution in [2.45, 2.75) is 24.3 Å². The van der Waals surface area contributed by atoms with E-state index in [-0.39, 0.29) is 17.6 Å². The Kier molecular flexibility index (Phi) is 5.44. The first-order valence-electron chi connectivity index (χ1n) is 4.71. The Morgan fingerprint density at radius 2 is 2.31 bits per heavy atom. The van der Waals surface area contributed by atoms with Crippen molar-refractivity contribution in [3.63, 3.8) is 0 Å². The van der Waals surface area contributed by atoms with Crippen LogP contribution in [0.2, 0.25) is 4.34 Å². The molecule has 0 spiro atoms. The number of hydrogen-bond acceptors (Lipinski definition) is 4. The minimum atomic E-state index is -1.07. The van der Waals surface area contributed by atoms with Gasteiger partial charge in [-0.2, -0.15) is 0 Å². The zero-order chi connectivity index (χ0) is 12.1. The molecule has 0 aliphatic carbocycles. The van der Waals surface area contributed by atoms with E-state index < -0.39 is 10.8 Å². The Bertz CT molecular complexity index is 389. The molecule has 0 aromatic carbocycles. The highest BCUT2D eigenvalue weighted by Gasteiger charge is 2.16. The maximum Gasteiger partial charge on any atom is 0.306 e. The van der Waals surface area contributed by atoms with Crippen molar-refractivity contribution in [1.29, 1.82) is 0 Å². The van der Waals surface area contributed by atoms with Crippen LogP contribution in [0.1, 0.15) is 18.2 Å². The van der Waals surface area contributed by atoms with Crippen molar-refractivity contribution in [3.05, 3.63) is 21.3 Å². The van der Waals surface area contributed by atoms with Crippen LogP contribution in [0.4, 0.5) is 0 Å². The number of hydrogen-bond donors (Lipinski definition) is 0. The van der Waals surface area contributed by atoms with Crippen LogP contribution in [0.15, 0.2) is 12.1 Å². The molecule has 1 heterocycles. The van der Waals surface area contributed by atoms with Crippen LogP contribution in [0.25, 0.3) is 0 Å². The maximum atomic E-state index is 11.8. The molecule has 2 unspecified atom stereocenters. The largest absolute Gasteiger partial charge is 0.469 e. The summed E-state index contributed by atoms with van der Waals surface area (Å²) in [6.07, 6.45) is 0.183. The Morgan fingerprint density at radius 3 is 2.81 bits per heavy atom. The molecule has 3 nitrogen and oxygen atoms in total. The second kappa shape index (κ2) is 6.37. The van der Waals surface area contributed by atoms with Gasteiger partial charge in [-0.25, -0.2) is 0 Å². The smallest absolute Gasteiger partial charge is 0.306 e. The fourth-order valence-electron chi connectivity index (χ4n) is 1.12. The van der Waals surface area contributed by atoms with E-state index in [9.17, 15) is 9.00 Å². The van der Waals surface area contributed by atoms with Crippen LogP contribution in [-0.4, -0.2) is 22.5 Å². The molecule has 0 saturated heterocycles. The van der Waals surface area contributed by atoms with Gasteiger partial charge in [-0.15, -0.1) is 11.3 Å². The molecular formula is C10H13ClO3S2. The number of thiophene rings is 1. The number of carbonyl (C=O) groups is 1. The third-order valence-corrected chi connectivity index (χ3v) is 5.12. The summed E-state index contributed by atoms with van der Waals surface area (Å²) in [5.74, 6) is 0.111. The minimum Gasteiger partial charge on any atom is -0.469 e. The zero-order valence-corrected chi connectivity index (χ0v) is 11.5. The third-order valence-electron chi connectivity index (χ3n) is 2.04. The van der Waals surface area contributed by atoms with Crippen molar-refractivity contribution in [2.24, 2.45) is 0 Å².